The predicted molar refractivity (Wildman–Crippen MR) is 117 cm³/mol. The first-order valence-electron chi connectivity index (χ1n) is 9.74. The molecule has 4 rings (SSSR count). The number of anilines is 1. The van der Waals surface area contributed by atoms with Crippen molar-refractivity contribution in [3.05, 3.63) is 58.4 Å². The van der Waals surface area contributed by atoms with E-state index in [0.29, 0.717) is 36.8 Å². The van der Waals surface area contributed by atoms with Crippen molar-refractivity contribution in [1.82, 2.24) is 10.3 Å². The molecule has 11 heteroatoms. The first-order chi connectivity index (χ1) is 15.4. The molecule has 2 heterocycles. The maximum absolute atomic E-state index is 12.9. The van der Waals surface area contributed by atoms with Gasteiger partial charge in [-0.3, -0.25) is 14.3 Å². The van der Waals surface area contributed by atoms with Gasteiger partial charge in [0, 0.05) is 36.8 Å². The van der Waals surface area contributed by atoms with Crippen molar-refractivity contribution < 1.29 is 27.4 Å². The quantitative estimate of drug-likeness (QED) is 0.455. The molecule has 2 aromatic carbocycles. The number of carbonyl (C=O) groups excluding carboxylic acids is 1. The van der Waals surface area contributed by atoms with Gasteiger partial charge in [0.15, 0.2) is 11.5 Å². The van der Waals surface area contributed by atoms with E-state index < -0.39 is 21.4 Å². The summed E-state index contributed by atoms with van der Waals surface area (Å²) in [6.45, 7) is 1.33. The van der Waals surface area contributed by atoms with Gasteiger partial charge in [-0.2, -0.15) is 0 Å². The molecule has 1 aromatic heterocycles. The van der Waals surface area contributed by atoms with Crippen molar-refractivity contribution in [2.24, 2.45) is 0 Å². The Balaban J connectivity index is 1.64. The van der Waals surface area contributed by atoms with Gasteiger partial charge in [-0.25, -0.2) is 8.42 Å². The molecule has 0 saturated carbocycles. The maximum Gasteiger partial charge on any atom is 0.261 e. The van der Waals surface area contributed by atoms with Gasteiger partial charge in [-0.05, 0) is 30.3 Å². The monoisotopic (exact) mass is 459 g/mol. The van der Waals surface area contributed by atoms with Gasteiger partial charge in [-0.15, -0.1) is 0 Å². The third-order valence-electron chi connectivity index (χ3n) is 4.79. The molecule has 0 atom stereocenters. The SMILES string of the molecule is COCCNC(=O)c1c[nH]c2ccc(S(=O)(=O)Nc3ccc4c(c3)OCCO4)cc2c1=O. The van der Waals surface area contributed by atoms with Crippen LogP contribution in [0.4, 0.5) is 5.69 Å². The highest BCUT2D eigenvalue weighted by Gasteiger charge is 2.20. The molecular formula is C21H21N3O7S. The number of rotatable bonds is 7. The number of fused-ring (bicyclic) bond motifs is 2. The van der Waals surface area contributed by atoms with Crippen LogP contribution in [-0.4, -0.2) is 52.8 Å². The van der Waals surface area contributed by atoms with Crippen molar-refractivity contribution in [1.29, 1.82) is 0 Å². The zero-order valence-electron chi connectivity index (χ0n) is 17.1. The van der Waals surface area contributed by atoms with Crippen LogP contribution in [0.5, 0.6) is 11.5 Å². The normalized spacial score (nSPS) is 13.0. The van der Waals surface area contributed by atoms with E-state index in [1.807, 2.05) is 0 Å². The molecule has 0 radical (unpaired) electrons. The van der Waals surface area contributed by atoms with Crippen LogP contribution >= 0.6 is 0 Å². The minimum absolute atomic E-state index is 0.0782. The zero-order valence-corrected chi connectivity index (χ0v) is 18.0. The first-order valence-corrected chi connectivity index (χ1v) is 11.2. The molecule has 168 valence electrons. The second-order valence-electron chi connectivity index (χ2n) is 6.95. The van der Waals surface area contributed by atoms with E-state index in [4.69, 9.17) is 14.2 Å². The number of amides is 1. The Morgan fingerprint density at radius 1 is 1.12 bits per heavy atom. The fourth-order valence-electron chi connectivity index (χ4n) is 3.22. The van der Waals surface area contributed by atoms with E-state index in [0.717, 1.165) is 0 Å². The molecule has 10 nitrogen and oxygen atoms in total. The van der Waals surface area contributed by atoms with Crippen LogP contribution in [0.3, 0.4) is 0 Å². The van der Waals surface area contributed by atoms with E-state index in [2.05, 4.69) is 15.0 Å². The summed E-state index contributed by atoms with van der Waals surface area (Å²) in [6.07, 6.45) is 1.30. The summed E-state index contributed by atoms with van der Waals surface area (Å²) in [6, 6.07) is 8.79. The van der Waals surface area contributed by atoms with Gasteiger partial charge < -0.3 is 24.5 Å². The van der Waals surface area contributed by atoms with Gasteiger partial charge >= 0.3 is 0 Å². The number of methoxy groups -OCH3 is 1. The molecule has 3 N–H and O–H groups in total. The summed E-state index contributed by atoms with van der Waals surface area (Å²) < 4.78 is 44.1. The number of ether oxygens (including phenoxy) is 3. The van der Waals surface area contributed by atoms with E-state index in [9.17, 15) is 18.0 Å². The lowest BCUT2D eigenvalue weighted by atomic mass is 10.1. The van der Waals surface area contributed by atoms with Gasteiger partial charge in [-0.1, -0.05) is 0 Å². The molecular weight excluding hydrogens is 438 g/mol. The zero-order chi connectivity index (χ0) is 22.7. The highest BCUT2D eigenvalue weighted by molar-refractivity contribution is 7.92. The van der Waals surface area contributed by atoms with Crippen molar-refractivity contribution >= 4 is 32.5 Å². The smallest absolute Gasteiger partial charge is 0.261 e. The van der Waals surface area contributed by atoms with Crippen molar-refractivity contribution in [3.8, 4) is 11.5 Å². The Labute approximate surface area is 183 Å². The number of pyridine rings is 1. The molecule has 0 aliphatic carbocycles. The van der Waals surface area contributed by atoms with Crippen molar-refractivity contribution in [3.63, 3.8) is 0 Å². The minimum atomic E-state index is -4.01. The Hall–Kier alpha value is -3.57. The van der Waals surface area contributed by atoms with Crippen LogP contribution in [0.15, 0.2) is 52.3 Å². The molecule has 0 spiro atoms. The summed E-state index contributed by atoms with van der Waals surface area (Å²) in [5.41, 5.74) is -0.00996. The Morgan fingerprint density at radius 3 is 2.69 bits per heavy atom. The maximum atomic E-state index is 12.9. The topological polar surface area (TPSA) is 136 Å². The standard InChI is InChI=1S/C21H21N3O7S/c1-29-7-6-22-21(26)16-12-23-17-4-3-14(11-15(17)20(16)25)32(27,28)24-13-2-5-18-19(10-13)31-9-8-30-18/h2-5,10-12,24H,6-9H2,1H3,(H,22,26)(H,23,25). The molecule has 1 amide bonds. The number of H-pyrrole nitrogens is 1. The number of aromatic amines is 1. The summed E-state index contributed by atoms with van der Waals surface area (Å²) in [7, 11) is -2.52. The van der Waals surface area contributed by atoms with Crippen LogP contribution in [0.25, 0.3) is 10.9 Å². The van der Waals surface area contributed by atoms with E-state index in [-0.39, 0.29) is 28.1 Å². The second kappa shape index (κ2) is 8.89. The number of hydrogen-bond donors (Lipinski definition) is 3. The van der Waals surface area contributed by atoms with Crippen LogP contribution < -0.4 is 24.9 Å². The van der Waals surface area contributed by atoms with E-state index in [1.165, 1.54) is 37.6 Å². The Bertz CT molecular complexity index is 1330. The molecule has 0 fully saturated rings. The highest BCUT2D eigenvalue weighted by atomic mass is 32.2. The molecule has 1 aliphatic rings. The van der Waals surface area contributed by atoms with Gasteiger partial charge in [0.2, 0.25) is 5.43 Å². The second-order valence-corrected chi connectivity index (χ2v) is 8.63. The van der Waals surface area contributed by atoms with E-state index in [1.54, 1.807) is 12.1 Å². The summed E-state index contributed by atoms with van der Waals surface area (Å²) in [4.78, 5) is 27.9. The van der Waals surface area contributed by atoms with Gasteiger partial charge in [0.05, 0.1) is 17.2 Å². The Morgan fingerprint density at radius 2 is 1.91 bits per heavy atom. The molecule has 3 aromatic rings. The molecule has 32 heavy (non-hydrogen) atoms. The largest absolute Gasteiger partial charge is 0.486 e. The third kappa shape index (κ3) is 4.39. The molecule has 0 unspecified atom stereocenters. The molecule has 0 saturated heterocycles. The third-order valence-corrected chi connectivity index (χ3v) is 6.17. The fourth-order valence-corrected chi connectivity index (χ4v) is 4.29. The summed E-state index contributed by atoms with van der Waals surface area (Å²) in [5, 5.41) is 2.65. The average molecular weight is 459 g/mol. The average Bonchev–Trinajstić information content (AvgIpc) is 2.79. The minimum Gasteiger partial charge on any atom is -0.486 e. The highest BCUT2D eigenvalue weighted by Crippen LogP contribution is 2.33. The number of carbonyl (C=O) groups is 1. The summed E-state index contributed by atoms with van der Waals surface area (Å²) >= 11 is 0. The van der Waals surface area contributed by atoms with Crippen LogP contribution in [-0.2, 0) is 14.8 Å². The van der Waals surface area contributed by atoms with Crippen LogP contribution in [0.2, 0.25) is 0 Å². The van der Waals surface area contributed by atoms with Gasteiger partial charge in [0.1, 0.15) is 18.8 Å². The summed E-state index contributed by atoms with van der Waals surface area (Å²) in [5.74, 6) is 0.399. The van der Waals surface area contributed by atoms with Crippen LogP contribution in [0, 0.1) is 0 Å². The lowest BCUT2D eigenvalue weighted by molar-refractivity contribution is 0.0936. The fraction of sp³-hybridized carbons (Fsp3) is 0.238. The van der Waals surface area contributed by atoms with Crippen molar-refractivity contribution in [2.75, 3.05) is 38.2 Å². The first kappa shape index (κ1) is 21.7. The number of benzene rings is 2. The Kier molecular flexibility index (Phi) is 6.01. The van der Waals surface area contributed by atoms with Crippen molar-refractivity contribution in [2.45, 2.75) is 4.90 Å². The number of hydrogen-bond acceptors (Lipinski definition) is 7. The lowest BCUT2D eigenvalue weighted by Gasteiger charge is -2.19. The molecule has 0 bridgehead atoms. The number of sulfonamides is 1. The number of nitrogens with one attached hydrogen (secondary N) is 3. The van der Waals surface area contributed by atoms with E-state index >= 15 is 0 Å². The van der Waals surface area contributed by atoms with Gasteiger partial charge in [0.25, 0.3) is 15.9 Å². The van der Waals surface area contributed by atoms with Crippen LogP contribution in [0.1, 0.15) is 10.4 Å². The lowest BCUT2D eigenvalue weighted by Crippen LogP contribution is -2.31. The predicted octanol–water partition coefficient (Wildman–Crippen LogP) is 1.48. The number of aromatic nitrogens is 1. The molecule has 1 aliphatic heterocycles.